The molecule has 1 aliphatic heterocycles. The zero-order valence-corrected chi connectivity index (χ0v) is 10.7. The number of fused-ring (bicyclic) bond motifs is 1. The van der Waals surface area contributed by atoms with Gasteiger partial charge in [0.25, 0.3) is 0 Å². The molecule has 1 unspecified atom stereocenters. The van der Waals surface area contributed by atoms with Gasteiger partial charge in [-0.1, -0.05) is 11.2 Å². The van der Waals surface area contributed by atoms with Crippen LogP contribution in [0.3, 0.4) is 0 Å². The molecular weight excluding hydrogens is 244 g/mol. The molecule has 1 aromatic rings. The van der Waals surface area contributed by atoms with Gasteiger partial charge in [-0.05, 0) is 30.9 Å². The van der Waals surface area contributed by atoms with E-state index >= 15 is 0 Å². The normalized spacial score (nSPS) is 23.5. The number of morpholine rings is 1. The molecule has 1 fully saturated rings. The minimum absolute atomic E-state index is 0.117. The Balaban J connectivity index is 1.78. The van der Waals surface area contributed by atoms with Crippen molar-refractivity contribution in [2.75, 3.05) is 24.6 Å². The van der Waals surface area contributed by atoms with E-state index in [9.17, 15) is 0 Å². The summed E-state index contributed by atoms with van der Waals surface area (Å²) in [5, 5.41) is 11.7. The van der Waals surface area contributed by atoms with Gasteiger partial charge in [0, 0.05) is 12.2 Å². The first-order chi connectivity index (χ1) is 9.28. The van der Waals surface area contributed by atoms with Crippen LogP contribution in [0, 0.1) is 0 Å². The summed E-state index contributed by atoms with van der Waals surface area (Å²) >= 11 is 0. The smallest absolute Gasteiger partial charge is 0.170 e. The summed E-state index contributed by atoms with van der Waals surface area (Å²) in [4.78, 5) is 6.85. The number of aromatic nitrogens is 1. The summed E-state index contributed by atoms with van der Waals surface area (Å²) in [5.74, 6) is 1.07. The Bertz CT molecular complexity index is 503. The van der Waals surface area contributed by atoms with Crippen LogP contribution in [-0.4, -0.2) is 41.8 Å². The van der Waals surface area contributed by atoms with E-state index < -0.39 is 0 Å². The summed E-state index contributed by atoms with van der Waals surface area (Å²) < 4.78 is 5.49. The third-order valence-electron chi connectivity index (χ3n) is 3.75. The number of nitrogens with two attached hydrogens (primary N) is 1. The summed E-state index contributed by atoms with van der Waals surface area (Å²) in [6, 6.07) is 4.22. The molecule has 6 heteroatoms. The monoisotopic (exact) mass is 262 g/mol. The van der Waals surface area contributed by atoms with Crippen LogP contribution >= 0.6 is 0 Å². The molecule has 2 heterocycles. The van der Waals surface area contributed by atoms with Crippen molar-refractivity contribution in [1.82, 2.24) is 4.98 Å². The van der Waals surface area contributed by atoms with E-state index in [0.29, 0.717) is 13.2 Å². The maximum atomic E-state index is 8.72. The second kappa shape index (κ2) is 5.05. The van der Waals surface area contributed by atoms with Gasteiger partial charge in [0.05, 0.1) is 13.2 Å². The van der Waals surface area contributed by atoms with E-state index in [-0.39, 0.29) is 11.9 Å². The minimum Gasteiger partial charge on any atom is -0.409 e. The first kappa shape index (κ1) is 12.2. The Morgan fingerprint density at radius 2 is 2.37 bits per heavy atom. The van der Waals surface area contributed by atoms with Gasteiger partial charge in [-0.2, -0.15) is 0 Å². The van der Waals surface area contributed by atoms with Crippen LogP contribution in [0.25, 0.3) is 0 Å². The topological polar surface area (TPSA) is 84.0 Å². The summed E-state index contributed by atoms with van der Waals surface area (Å²) in [7, 11) is 0. The Labute approximate surface area is 111 Å². The molecule has 1 aliphatic carbocycles. The van der Waals surface area contributed by atoms with Crippen molar-refractivity contribution in [2.24, 2.45) is 10.9 Å². The quantitative estimate of drug-likeness (QED) is 0.351. The van der Waals surface area contributed by atoms with Crippen molar-refractivity contribution in [3.63, 3.8) is 0 Å². The zero-order chi connectivity index (χ0) is 13.2. The Morgan fingerprint density at radius 3 is 3.21 bits per heavy atom. The number of anilines is 1. The van der Waals surface area contributed by atoms with Gasteiger partial charge < -0.3 is 20.6 Å². The molecule has 3 N–H and O–H groups in total. The lowest BCUT2D eigenvalue weighted by atomic mass is 10.2. The number of pyridine rings is 1. The fourth-order valence-electron chi connectivity index (χ4n) is 2.69. The largest absolute Gasteiger partial charge is 0.409 e. The highest BCUT2D eigenvalue weighted by molar-refractivity contribution is 5.85. The molecule has 1 aromatic heterocycles. The van der Waals surface area contributed by atoms with Crippen molar-refractivity contribution >= 4 is 11.7 Å². The van der Waals surface area contributed by atoms with Crippen molar-refractivity contribution in [3.05, 3.63) is 23.4 Å². The zero-order valence-electron chi connectivity index (χ0n) is 10.7. The minimum atomic E-state index is -0.367. The third kappa shape index (κ3) is 2.35. The van der Waals surface area contributed by atoms with Crippen molar-refractivity contribution in [2.45, 2.75) is 25.4 Å². The maximum Gasteiger partial charge on any atom is 0.170 e. The van der Waals surface area contributed by atoms with Crippen molar-refractivity contribution < 1.29 is 9.94 Å². The predicted octanol–water partition coefficient (Wildman–Crippen LogP) is 0.522. The number of amidine groups is 1. The van der Waals surface area contributed by atoms with Crippen LogP contribution in [0.5, 0.6) is 0 Å². The van der Waals surface area contributed by atoms with E-state index in [1.165, 1.54) is 17.7 Å². The van der Waals surface area contributed by atoms with E-state index in [4.69, 9.17) is 20.7 Å². The number of nitrogens with zero attached hydrogens (tertiary/aromatic N) is 3. The molecule has 3 rings (SSSR count). The molecule has 0 amide bonds. The fourth-order valence-corrected chi connectivity index (χ4v) is 2.69. The summed E-state index contributed by atoms with van der Waals surface area (Å²) in [5.41, 5.74) is 8.18. The highest BCUT2D eigenvalue weighted by Crippen LogP contribution is 2.24. The average Bonchev–Trinajstić information content (AvgIpc) is 2.94. The van der Waals surface area contributed by atoms with Gasteiger partial charge in [0.2, 0.25) is 0 Å². The molecule has 6 nitrogen and oxygen atoms in total. The predicted molar refractivity (Wildman–Crippen MR) is 71.6 cm³/mol. The molecule has 102 valence electrons. The number of hydrogen-bond acceptors (Lipinski definition) is 5. The third-order valence-corrected chi connectivity index (χ3v) is 3.75. The number of ether oxygens (including phenoxy) is 1. The highest BCUT2D eigenvalue weighted by atomic mass is 16.5. The molecular formula is C13H18N4O2. The van der Waals surface area contributed by atoms with Crippen LogP contribution in [0.15, 0.2) is 17.3 Å². The molecule has 0 saturated carbocycles. The standard InChI is InChI=1S/C13H18N4O2/c14-13(16-18)11-8-17(6-7-19-11)12-5-4-9-2-1-3-10(9)15-12/h4-5,11,18H,1-3,6-8H2,(H2,14,16). The lowest BCUT2D eigenvalue weighted by Crippen LogP contribution is -2.48. The molecule has 19 heavy (non-hydrogen) atoms. The van der Waals surface area contributed by atoms with Gasteiger partial charge in [0.1, 0.15) is 11.9 Å². The van der Waals surface area contributed by atoms with Crippen molar-refractivity contribution in [1.29, 1.82) is 0 Å². The summed E-state index contributed by atoms with van der Waals surface area (Å²) in [6.07, 6.45) is 3.03. The molecule has 0 radical (unpaired) electrons. The van der Waals surface area contributed by atoms with Crippen LogP contribution in [-0.2, 0) is 17.6 Å². The van der Waals surface area contributed by atoms with Crippen LogP contribution in [0.1, 0.15) is 17.7 Å². The van der Waals surface area contributed by atoms with E-state index in [1.54, 1.807) is 0 Å². The Kier molecular flexibility index (Phi) is 3.25. The van der Waals surface area contributed by atoms with Crippen LogP contribution in [0.2, 0.25) is 0 Å². The second-order valence-corrected chi connectivity index (χ2v) is 4.96. The average molecular weight is 262 g/mol. The molecule has 0 spiro atoms. The first-order valence-corrected chi connectivity index (χ1v) is 6.60. The van der Waals surface area contributed by atoms with E-state index in [0.717, 1.165) is 25.2 Å². The molecule has 1 atom stereocenters. The second-order valence-electron chi connectivity index (χ2n) is 4.96. The van der Waals surface area contributed by atoms with Gasteiger partial charge in [-0.3, -0.25) is 0 Å². The van der Waals surface area contributed by atoms with Gasteiger partial charge in [0.15, 0.2) is 5.84 Å². The van der Waals surface area contributed by atoms with Gasteiger partial charge in [-0.25, -0.2) is 4.98 Å². The van der Waals surface area contributed by atoms with Crippen molar-refractivity contribution in [3.8, 4) is 0 Å². The Morgan fingerprint density at radius 1 is 1.47 bits per heavy atom. The van der Waals surface area contributed by atoms with Crippen LogP contribution in [0.4, 0.5) is 5.82 Å². The highest BCUT2D eigenvalue weighted by Gasteiger charge is 2.25. The molecule has 1 saturated heterocycles. The molecule has 2 aliphatic rings. The van der Waals surface area contributed by atoms with E-state index in [2.05, 4.69) is 22.2 Å². The number of oxime groups is 1. The first-order valence-electron chi connectivity index (χ1n) is 6.60. The fraction of sp³-hybridized carbons (Fsp3) is 0.538. The lowest BCUT2D eigenvalue weighted by Gasteiger charge is -2.33. The SMILES string of the molecule is N/C(=N/O)C1CN(c2ccc3c(n2)CCC3)CCO1. The van der Waals surface area contributed by atoms with Gasteiger partial charge >= 0.3 is 0 Å². The van der Waals surface area contributed by atoms with Crippen LogP contribution < -0.4 is 10.6 Å². The lowest BCUT2D eigenvalue weighted by molar-refractivity contribution is 0.0804. The maximum absolute atomic E-state index is 8.72. The molecule has 0 bridgehead atoms. The number of aryl methyl sites for hydroxylation is 2. The van der Waals surface area contributed by atoms with E-state index in [1.807, 2.05) is 0 Å². The Hall–Kier alpha value is -1.82. The summed E-state index contributed by atoms with van der Waals surface area (Å²) in [6.45, 7) is 1.91. The number of hydrogen-bond donors (Lipinski definition) is 2. The molecule has 0 aromatic carbocycles. The number of rotatable bonds is 2. The van der Waals surface area contributed by atoms with Gasteiger partial charge in [-0.15, -0.1) is 0 Å².